The molecule has 1 radical (unpaired) electrons. The van der Waals surface area contributed by atoms with Crippen LogP contribution >= 0.6 is 0 Å². The largest absolute Gasteiger partial charge is 0.381 e. The molecule has 1 nitrogen and oxygen atoms in total. The number of hydrogen-bond acceptors (Lipinski definition) is 1. The highest BCUT2D eigenvalue weighted by atomic mass is 16.5. The molecule has 0 unspecified atom stereocenters. The predicted molar refractivity (Wildman–Crippen MR) is 119 cm³/mol. The number of unbranched alkanes of at least 4 members (excludes halogenated alkanes) is 19. The van der Waals surface area contributed by atoms with Gasteiger partial charge in [-0.3, -0.25) is 0 Å². The second-order valence-corrected chi connectivity index (χ2v) is 8.18. The van der Waals surface area contributed by atoms with E-state index in [1.165, 1.54) is 128 Å². The third-order valence-electron chi connectivity index (χ3n) is 5.43. The number of rotatable bonds is 23. The molecule has 0 rings (SSSR count). The smallest absolute Gasteiger partial charge is 0.0466 e. The monoisotopic (exact) mass is 367 g/mol. The van der Waals surface area contributed by atoms with Crippen molar-refractivity contribution in [3.05, 3.63) is 6.92 Å². The summed E-state index contributed by atoms with van der Waals surface area (Å²) in [7, 11) is 0. The first-order valence-corrected chi connectivity index (χ1v) is 12.3. The average molecular weight is 368 g/mol. The van der Waals surface area contributed by atoms with E-state index in [0.717, 1.165) is 19.6 Å². The van der Waals surface area contributed by atoms with E-state index in [0.29, 0.717) is 0 Å². The zero-order chi connectivity index (χ0) is 19.0. The maximum atomic E-state index is 5.61. The fraction of sp³-hybridized carbons (Fsp3) is 0.960. The third-order valence-corrected chi connectivity index (χ3v) is 5.43. The average Bonchev–Trinajstić information content (AvgIpc) is 2.66. The van der Waals surface area contributed by atoms with E-state index in [1.807, 2.05) is 0 Å². The summed E-state index contributed by atoms with van der Waals surface area (Å²) >= 11 is 0. The summed E-state index contributed by atoms with van der Waals surface area (Å²) < 4.78 is 5.61. The first-order chi connectivity index (χ1) is 12.9. The molecule has 0 heterocycles. The highest BCUT2D eigenvalue weighted by molar-refractivity contribution is 4.51. The van der Waals surface area contributed by atoms with Crippen molar-refractivity contribution in [1.29, 1.82) is 0 Å². The maximum absolute atomic E-state index is 5.61. The molecule has 0 aliphatic heterocycles. The standard InChI is InChI=1S/C25H51O/c1-3-5-7-8-9-10-11-12-13-14-15-16-17-18-19-20-21-22-23-25-26-24-6-4-2/h1,3-25H2,2H3. The summed E-state index contributed by atoms with van der Waals surface area (Å²) in [6.45, 7) is 8.08. The normalized spacial score (nSPS) is 11.3. The van der Waals surface area contributed by atoms with Crippen molar-refractivity contribution >= 4 is 0 Å². The van der Waals surface area contributed by atoms with Crippen molar-refractivity contribution in [2.75, 3.05) is 13.2 Å². The topological polar surface area (TPSA) is 9.23 Å². The van der Waals surface area contributed by atoms with E-state index in [-0.39, 0.29) is 0 Å². The van der Waals surface area contributed by atoms with Gasteiger partial charge in [0, 0.05) is 13.2 Å². The number of ether oxygens (including phenoxy) is 1. The Morgan fingerprint density at radius 2 is 0.731 bits per heavy atom. The molecule has 0 aromatic rings. The van der Waals surface area contributed by atoms with Crippen LogP contribution in [0.5, 0.6) is 0 Å². The van der Waals surface area contributed by atoms with Gasteiger partial charge in [0.25, 0.3) is 0 Å². The first kappa shape index (κ1) is 26.0. The van der Waals surface area contributed by atoms with Crippen LogP contribution in [0, 0.1) is 6.92 Å². The van der Waals surface area contributed by atoms with Crippen LogP contribution in [-0.4, -0.2) is 13.2 Å². The van der Waals surface area contributed by atoms with E-state index in [4.69, 9.17) is 4.74 Å². The second-order valence-electron chi connectivity index (χ2n) is 8.18. The van der Waals surface area contributed by atoms with E-state index in [9.17, 15) is 0 Å². The van der Waals surface area contributed by atoms with Gasteiger partial charge in [0.05, 0.1) is 0 Å². The van der Waals surface area contributed by atoms with E-state index in [2.05, 4.69) is 13.8 Å². The molecule has 0 aliphatic rings. The summed E-state index contributed by atoms with van der Waals surface area (Å²) in [4.78, 5) is 0. The molecule has 0 aromatic carbocycles. The maximum Gasteiger partial charge on any atom is 0.0466 e. The van der Waals surface area contributed by atoms with Crippen molar-refractivity contribution in [2.45, 2.75) is 142 Å². The van der Waals surface area contributed by atoms with Gasteiger partial charge in [-0.2, -0.15) is 0 Å². The molecular weight excluding hydrogens is 316 g/mol. The van der Waals surface area contributed by atoms with Gasteiger partial charge in [0.2, 0.25) is 0 Å². The van der Waals surface area contributed by atoms with Gasteiger partial charge >= 0.3 is 0 Å². The fourth-order valence-corrected chi connectivity index (χ4v) is 3.56. The van der Waals surface area contributed by atoms with Gasteiger partial charge < -0.3 is 4.74 Å². The summed E-state index contributed by atoms with van der Waals surface area (Å²) in [5.74, 6) is 0. The van der Waals surface area contributed by atoms with Crippen LogP contribution in [0.25, 0.3) is 0 Å². The van der Waals surface area contributed by atoms with Crippen LogP contribution in [0.15, 0.2) is 0 Å². The Morgan fingerprint density at radius 1 is 0.423 bits per heavy atom. The molecule has 0 atom stereocenters. The zero-order valence-corrected chi connectivity index (χ0v) is 18.4. The summed E-state index contributed by atoms with van der Waals surface area (Å²) in [5, 5.41) is 0. The molecule has 0 fully saturated rings. The highest BCUT2D eigenvalue weighted by Crippen LogP contribution is 2.14. The lowest BCUT2D eigenvalue weighted by Crippen LogP contribution is -1.96. The quantitative estimate of drug-likeness (QED) is 0.164. The third kappa shape index (κ3) is 24.0. The Labute approximate surface area is 167 Å². The molecule has 0 aromatic heterocycles. The fourth-order valence-electron chi connectivity index (χ4n) is 3.56. The van der Waals surface area contributed by atoms with Crippen molar-refractivity contribution in [3.63, 3.8) is 0 Å². The van der Waals surface area contributed by atoms with E-state index >= 15 is 0 Å². The molecule has 0 amide bonds. The Balaban J connectivity index is 2.95. The summed E-state index contributed by atoms with van der Waals surface area (Å²) in [6, 6.07) is 0. The van der Waals surface area contributed by atoms with Crippen LogP contribution in [0.1, 0.15) is 142 Å². The van der Waals surface area contributed by atoms with Crippen molar-refractivity contribution < 1.29 is 4.74 Å². The zero-order valence-electron chi connectivity index (χ0n) is 18.4. The summed E-state index contributed by atoms with van der Waals surface area (Å²) in [5.41, 5.74) is 0. The second kappa shape index (κ2) is 25.0. The van der Waals surface area contributed by atoms with Gasteiger partial charge in [0.1, 0.15) is 0 Å². The minimum absolute atomic E-state index is 0.966. The molecule has 26 heavy (non-hydrogen) atoms. The van der Waals surface area contributed by atoms with Crippen molar-refractivity contribution in [3.8, 4) is 0 Å². The lowest BCUT2D eigenvalue weighted by molar-refractivity contribution is 0.127. The Morgan fingerprint density at radius 3 is 1.08 bits per heavy atom. The molecule has 1 heteroatoms. The van der Waals surface area contributed by atoms with E-state index in [1.54, 1.807) is 0 Å². The minimum atomic E-state index is 0.966. The Kier molecular flexibility index (Phi) is 24.9. The molecule has 0 saturated carbocycles. The molecular formula is C25H51O. The minimum Gasteiger partial charge on any atom is -0.381 e. The molecule has 157 valence electrons. The molecule has 0 aliphatic carbocycles. The molecule has 0 bridgehead atoms. The first-order valence-electron chi connectivity index (χ1n) is 12.3. The van der Waals surface area contributed by atoms with Gasteiger partial charge in [-0.25, -0.2) is 0 Å². The Hall–Kier alpha value is -0.0400. The summed E-state index contributed by atoms with van der Waals surface area (Å²) in [6.07, 6.45) is 29.3. The molecule has 0 N–H and O–H groups in total. The number of hydrogen-bond donors (Lipinski definition) is 0. The lowest BCUT2D eigenvalue weighted by Gasteiger charge is -2.04. The Bertz CT molecular complexity index is 202. The van der Waals surface area contributed by atoms with Crippen LogP contribution in [0.4, 0.5) is 0 Å². The van der Waals surface area contributed by atoms with E-state index < -0.39 is 0 Å². The SMILES string of the molecule is [CH2]CCCCCCCCCCCCCCCCCCCCOCCCC. The van der Waals surface area contributed by atoms with Crippen molar-refractivity contribution in [2.24, 2.45) is 0 Å². The van der Waals surface area contributed by atoms with Gasteiger partial charge in [-0.1, -0.05) is 136 Å². The van der Waals surface area contributed by atoms with Crippen LogP contribution in [-0.2, 0) is 4.74 Å². The van der Waals surface area contributed by atoms with Crippen LogP contribution < -0.4 is 0 Å². The van der Waals surface area contributed by atoms with Crippen molar-refractivity contribution in [1.82, 2.24) is 0 Å². The highest BCUT2D eigenvalue weighted by Gasteiger charge is 1.95. The van der Waals surface area contributed by atoms with Crippen LogP contribution in [0.2, 0.25) is 0 Å². The van der Waals surface area contributed by atoms with Crippen LogP contribution in [0.3, 0.4) is 0 Å². The molecule has 0 saturated heterocycles. The van der Waals surface area contributed by atoms with Gasteiger partial charge in [-0.15, -0.1) is 0 Å². The van der Waals surface area contributed by atoms with Gasteiger partial charge in [0.15, 0.2) is 0 Å². The molecule has 0 spiro atoms. The van der Waals surface area contributed by atoms with Gasteiger partial charge in [-0.05, 0) is 12.8 Å². The predicted octanol–water partition coefficient (Wildman–Crippen LogP) is 9.05. The lowest BCUT2D eigenvalue weighted by atomic mass is 10.0.